The van der Waals surface area contributed by atoms with Gasteiger partial charge in [0.15, 0.2) is 0 Å². The first-order valence-corrected chi connectivity index (χ1v) is 5.18. The van der Waals surface area contributed by atoms with Gasteiger partial charge in [0.1, 0.15) is 6.04 Å². The standard InChI is InChI=1S/C9H15NO3S/c1-5(2)8(11)10-4-3-6(14)7(10)9(12)13/h5-7,14H,3-4H2,1-2H3,(H,12,13)/t6-,7-/m0/s1. The molecule has 1 amide bonds. The van der Waals surface area contributed by atoms with Crippen LogP contribution in [0.4, 0.5) is 0 Å². The highest BCUT2D eigenvalue weighted by Gasteiger charge is 2.40. The number of nitrogens with zero attached hydrogens (tertiary/aromatic N) is 1. The third-order valence-corrected chi connectivity index (χ3v) is 2.94. The fraction of sp³-hybridized carbons (Fsp3) is 0.778. The molecule has 0 bridgehead atoms. The summed E-state index contributed by atoms with van der Waals surface area (Å²) in [5, 5.41) is 8.70. The maximum absolute atomic E-state index is 11.6. The van der Waals surface area contributed by atoms with Crippen LogP contribution in [0.2, 0.25) is 0 Å². The molecule has 2 atom stereocenters. The lowest BCUT2D eigenvalue weighted by Crippen LogP contribution is -2.45. The Balaban J connectivity index is 2.79. The number of amides is 1. The van der Waals surface area contributed by atoms with Crippen molar-refractivity contribution in [2.24, 2.45) is 5.92 Å². The van der Waals surface area contributed by atoms with Crippen molar-refractivity contribution in [2.45, 2.75) is 31.6 Å². The highest BCUT2D eigenvalue weighted by Crippen LogP contribution is 2.24. The minimum Gasteiger partial charge on any atom is -0.480 e. The van der Waals surface area contributed by atoms with E-state index in [0.717, 1.165) is 0 Å². The van der Waals surface area contributed by atoms with Gasteiger partial charge in [-0.05, 0) is 6.42 Å². The van der Waals surface area contributed by atoms with E-state index in [9.17, 15) is 9.59 Å². The van der Waals surface area contributed by atoms with Gasteiger partial charge in [0.05, 0.1) is 0 Å². The van der Waals surface area contributed by atoms with Crippen LogP contribution in [0, 0.1) is 5.92 Å². The van der Waals surface area contributed by atoms with Gasteiger partial charge in [-0.1, -0.05) is 13.8 Å². The van der Waals surface area contributed by atoms with Crippen LogP contribution < -0.4 is 0 Å². The molecule has 0 saturated carbocycles. The predicted octanol–water partition coefficient (Wildman–Crippen LogP) is 0.626. The second-order valence-corrected chi connectivity index (χ2v) is 4.49. The van der Waals surface area contributed by atoms with E-state index in [4.69, 9.17) is 5.11 Å². The number of thiol groups is 1. The van der Waals surface area contributed by atoms with E-state index in [1.807, 2.05) is 0 Å². The smallest absolute Gasteiger partial charge is 0.327 e. The van der Waals surface area contributed by atoms with E-state index >= 15 is 0 Å². The molecule has 1 aliphatic heterocycles. The maximum Gasteiger partial charge on any atom is 0.327 e. The van der Waals surface area contributed by atoms with Crippen molar-refractivity contribution in [2.75, 3.05) is 6.54 Å². The molecule has 0 aliphatic carbocycles. The zero-order chi connectivity index (χ0) is 10.9. The quantitative estimate of drug-likeness (QED) is 0.667. The molecule has 1 saturated heterocycles. The molecule has 0 unspecified atom stereocenters. The SMILES string of the molecule is CC(C)C(=O)N1CC[C@H](S)[C@H]1C(=O)O. The number of carbonyl (C=O) groups excluding carboxylic acids is 1. The van der Waals surface area contributed by atoms with Gasteiger partial charge in [-0.3, -0.25) is 4.79 Å². The number of aliphatic carboxylic acids is 1. The average Bonchev–Trinajstić information content (AvgIpc) is 2.45. The Hall–Kier alpha value is -0.710. The van der Waals surface area contributed by atoms with Crippen LogP contribution in [0.3, 0.4) is 0 Å². The topological polar surface area (TPSA) is 57.6 Å². The fourth-order valence-corrected chi connectivity index (χ4v) is 2.06. The minimum atomic E-state index is -0.962. The number of likely N-dealkylation sites (tertiary alicyclic amines) is 1. The summed E-state index contributed by atoms with van der Waals surface area (Å²) in [7, 11) is 0. The summed E-state index contributed by atoms with van der Waals surface area (Å²) in [5.41, 5.74) is 0. The lowest BCUT2D eigenvalue weighted by atomic mass is 10.1. The first-order chi connectivity index (χ1) is 6.45. The van der Waals surface area contributed by atoms with Crippen molar-refractivity contribution in [3.63, 3.8) is 0 Å². The first-order valence-electron chi connectivity index (χ1n) is 4.66. The predicted molar refractivity (Wildman–Crippen MR) is 55.4 cm³/mol. The van der Waals surface area contributed by atoms with Gasteiger partial charge < -0.3 is 10.0 Å². The minimum absolute atomic E-state index is 0.103. The summed E-state index contributed by atoms with van der Waals surface area (Å²) in [6.07, 6.45) is 0.651. The van der Waals surface area contributed by atoms with Crippen molar-refractivity contribution in [1.29, 1.82) is 0 Å². The van der Waals surface area contributed by atoms with Gasteiger partial charge in [0, 0.05) is 17.7 Å². The van der Waals surface area contributed by atoms with E-state index in [2.05, 4.69) is 12.6 Å². The van der Waals surface area contributed by atoms with Crippen LogP contribution in [0.5, 0.6) is 0 Å². The summed E-state index contributed by atoms with van der Waals surface area (Å²) in [6.45, 7) is 4.04. The molecule has 1 rings (SSSR count). The Morgan fingerprint density at radius 3 is 2.50 bits per heavy atom. The lowest BCUT2D eigenvalue weighted by Gasteiger charge is -2.24. The molecule has 0 aromatic heterocycles. The molecular weight excluding hydrogens is 202 g/mol. The van der Waals surface area contributed by atoms with Crippen molar-refractivity contribution in [3.8, 4) is 0 Å². The summed E-state index contributed by atoms with van der Waals surface area (Å²) in [6, 6.07) is -0.756. The van der Waals surface area contributed by atoms with E-state index in [0.29, 0.717) is 13.0 Å². The van der Waals surface area contributed by atoms with E-state index < -0.39 is 12.0 Å². The molecule has 4 nitrogen and oxygen atoms in total. The number of rotatable bonds is 2. The van der Waals surface area contributed by atoms with Crippen LogP contribution in [0.25, 0.3) is 0 Å². The summed E-state index contributed by atoms with van der Waals surface area (Å²) in [5.74, 6) is -1.22. The Labute approximate surface area is 88.7 Å². The van der Waals surface area contributed by atoms with Gasteiger partial charge in [-0.15, -0.1) is 0 Å². The van der Waals surface area contributed by atoms with Gasteiger partial charge in [0.25, 0.3) is 0 Å². The van der Waals surface area contributed by atoms with Crippen LogP contribution in [0.15, 0.2) is 0 Å². The summed E-state index contributed by atoms with van der Waals surface area (Å²) < 4.78 is 0. The largest absolute Gasteiger partial charge is 0.480 e. The van der Waals surface area contributed by atoms with Crippen LogP contribution in [-0.2, 0) is 9.59 Å². The molecule has 1 fully saturated rings. The zero-order valence-electron chi connectivity index (χ0n) is 8.30. The van der Waals surface area contributed by atoms with Crippen molar-refractivity contribution < 1.29 is 14.7 Å². The second-order valence-electron chi connectivity index (χ2n) is 3.83. The first kappa shape index (κ1) is 11.4. The Morgan fingerprint density at radius 1 is 1.50 bits per heavy atom. The van der Waals surface area contributed by atoms with E-state index in [1.54, 1.807) is 13.8 Å². The number of carboxylic acid groups (broad SMARTS) is 1. The molecular formula is C9H15NO3S. The van der Waals surface area contributed by atoms with Crippen LogP contribution >= 0.6 is 12.6 Å². The molecule has 1 aliphatic rings. The van der Waals surface area contributed by atoms with Gasteiger partial charge in [-0.25, -0.2) is 4.79 Å². The molecule has 80 valence electrons. The molecule has 14 heavy (non-hydrogen) atoms. The van der Waals surface area contributed by atoms with E-state index in [1.165, 1.54) is 4.90 Å². The van der Waals surface area contributed by atoms with Gasteiger partial charge >= 0.3 is 5.97 Å². The second kappa shape index (κ2) is 4.21. The Morgan fingerprint density at radius 2 is 2.07 bits per heavy atom. The van der Waals surface area contributed by atoms with Gasteiger partial charge in [-0.2, -0.15) is 12.6 Å². The van der Waals surface area contributed by atoms with Crippen LogP contribution in [-0.4, -0.2) is 39.7 Å². The fourth-order valence-electron chi connectivity index (χ4n) is 1.65. The third-order valence-electron chi connectivity index (χ3n) is 2.40. The molecule has 1 heterocycles. The monoisotopic (exact) mass is 217 g/mol. The van der Waals surface area contributed by atoms with Crippen molar-refractivity contribution in [3.05, 3.63) is 0 Å². The van der Waals surface area contributed by atoms with Crippen molar-refractivity contribution in [1.82, 2.24) is 4.90 Å². The Bertz CT molecular complexity index is 254. The van der Waals surface area contributed by atoms with Crippen molar-refractivity contribution >= 4 is 24.5 Å². The zero-order valence-corrected chi connectivity index (χ0v) is 9.20. The molecule has 0 aromatic carbocycles. The lowest BCUT2D eigenvalue weighted by molar-refractivity contribution is -0.149. The molecule has 5 heteroatoms. The average molecular weight is 217 g/mol. The maximum atomic E-state index is 11.6. The van der Waals surface area contributed by atoms with Gasteiger partial charge in [0.2, 0.25) is 5.91 Å². The van der Waals surface area contributed by atoms with E-state index in [-0.39, 0.29) is 17.1 Å². The van der Waals surface area contributed by atoms with Crippen LogP contribution in [0.1, 0.15) is 20.3 Å². The molecule has 0 spiro atoms. The normalized spacial score (nSPS) is 27.0. The molecule has 0 aromatic rings. The molecule has 1 N–H and O–H groups in total. The number of hydrogen-bond donors (Lipinski definition) is 2. The highest BCUT2D eigenvalue weighted by atomic mass is 32.1. The third kappa shape index (κ3) is 2.03. The summed E-state index contributed by atoms with van der Waals surface area (Å²) in [4.78, 5) is 24.0. The number of carboxylic acids is 1. The Kier molecular flexibility index (Phi) is 3.42. The summed E-state index contributed by atoms with van der Waals surface area (Å²) >= 11 is 4.17. The number of hydrogen-bond acceptors (Lipinski definition) is 3. The number of carbonyl (C=O) groups is 2. The highest BCUT2D eigenvalue weighted by molar-refractivity contribution is 7.81. The molecule has 0 radical (unpaired) electrons.